The Morgan fingerprint density at radius 2 is 1.81 bits per heavy atom. The van der Waals surface area contributed by atoms with Crippen LogP contribution in [0.5, 0.6) is 0 Å². The molecule has 144 valence electrons. The molecule has 1 atom stereocenters. The molecule has 10 heteroatoms. The van der Waals surface area contributed by atoms with Gasteiger partial charge in [0.25, 0.3) is 0 Å². The zero-order valence-electron chi connectivity index (χ0n) is 13.5. The first-order valence-corrected chi connectivity index (χ1v) is 9.50. The van der Waals surface area contributed by atoms with Gasteiger partial charge in [-0.1, -0.05) is 28.1 Å². The minimum Gasteiger partial charge on any atom is -0.319 e. The van der Waals surface area contributed by atoms with E-state index in [2.05, 4.69) is 20.9 Å². The molecule has 1 amide bonds. The molecule has 0 spiro atoms. The maximum absolute atomic E-state index is 13.6. The molecule has 2 heterocycles. The van der Waals surface area contributed by atoms with Gasteiger partial charge in [-0.05, 0) is 29.3 Å². The fraction of sp³-hybridized carbons (Fsp3) is 0.294. The summed E-state index contributed by atoms with van der Waals surface area (Å²) in [6.07, 6.45) is -2.84. The first-order valence-electron chi connectivity index (χ1n) is 7.65. The monoisotopic (exact) mass is 466 g/mol. The minimum absolute atomic E-state index is 0.173. The van der Waals surface area contributed by atoms with Gasteiger partial charge in [0, 0.05) is 22.4 Å². The highest BCUT2D eigenvalue weighted by Gasteiger charge is 2.59. The number of hydrogen-bond acceptors (Lipinski definition) is 3. The Balaban J connectivity index is 1.98. The van der Waals surface area contributed by atoms with Crippen LogP contribution in [0.3, 0.4) is 0 Å². The molecule has 3 rings (SSSR count). The maximum atomic E-state index is 13.6. The molecule has 1 aromatic heterocycles. The highest BCUT2D eigenvalue weighted by atomic mass is 79.9. The van der Waals surface area contributed by atoms with Gasteiger partial charge in [-0.2, -0.15) is 22.0 Å². The van der Waals surface area contributed by atoms with Crippen molar-refractivity contribution in [3.05, 3.63) is 52.8 Å². The molecule has 27 heavy (non-hydrogen) atoms. The van der Waals surface area contributed by atoms with Gasteiger partial charge in [0.2, 0.25) is 5.91 Å². The van der Waals surface area contributed by atoms with Crippen LogP contribution in [-0.2, 0) is 4.79 Å². The van der Waals surface area contributed by atoms with Crippen LogP contribution in [0.1, 0.15) is 10.9 Å². The maximum Gasteiger partial charge on any atom is 0.455 e. The molecule has 1 saturated heterocycles. The molecule has 1 unspecified atom stereocenters. The lowest BCUT2D eigenvalue weighted by atomic mass is 10.0. The number of nitrogens with zero attached hydrogens (tertiary/aromatic N) is 2. The number of halogens is 6. The van der Waals surface area contributed by atoms with E-state index in [4.69, 9.17) is 0 Å². The van der Waals surface area contributed by atoms with Crippen molar-refractivity contribution in [3.63, 3.8) is 0 Å². The third-order valence-corrected chi connectivity index (χ3v) is 5.79. The summed E-state index contributed by atoms with van der Waals surface area (Å²) in [5.74, 6) is -5.93. The largest absolute Gasteiger partial charge is 0.455 e. The topological polar surface area (TPSA) is 33.2 Å². The number of alkyl halides is 5. The molecule has 0 saturated carbocycles. The van der Waals surface area contributed by atoms with Crippen LogP contribution in [0.4, 0.5) is 22.0 Å². The summed E-state index contributed by atoms with van der Waals surface area (Å²) in [6.45, 7) is -1.72. The van der Waals surface area contributed by atoms with Gasteiger partial charge in [-0.3, -0.25) is 9.78 Å². The van der Waals surface area contributed by atoms with Crippen molar-refractivity contribution in [1.82, 2.24) is 9.88 Å². The van der Waals surface area contributed by atoms with Gasteiger partial charge in [-0.25, -0.2) is 0 Å². The molecule has 0 bridgehead atoms. The summed E-state index contributed by atoms with van der Waals surface area (Å²) in [5, 5.41) is -0.974. The van der Waals surface area contributed by atoms with E-state index in [1.807, 2.05) is 0 Å². The smallest absolute Gasteiger partial charge is 0.319 e. The van der Waals surface area contributed by atoms with Crippen LogP contribution in [0.25, 0.3) is 11.1 Å². The first-order chi connectivity index (χ1) is 12.6. The van der Waals surface area contributed by atoms with E-state index in [0.717, 1.165) is 21.8 Å². The summed E-state index contributed by atoms with van der Waals surface area (Å²) in [5.41, 5.74) is 1.76. The Bertz CT molecular complexity index is 844. The molecule has 1 aromatic carbocycles. The molecule has 2 aromatic rings. The SMILES string of the molecule is O=C1CSC(c2cnccc2-c2ccc(Br)cc2)N1CC(F)(F)C(F)(F)F. The third-order valence-electron chi connectivity index (χ3n) is 4.02. The van der Waals surface area contributed by atoms with Crippen LogP contribution in [-0.4, -0.2) is 40.2 Å². The summed E-state index contributed by atoms with van der Waals surface area (Å²) < 4.78 is 65.8. The van der Waals surface area contributed by atoms with Gasteiger partial charge in [-0.15, -0.1) is 11.8 Å². The molecule has 0 N–H and O–H groups in total. The van der Waals surface area contributed by atoms with Crippen molar-refractivity contribution in [3.8, 4) is 11.1 Å². The number of hydrogen-bond donors (Lipinski definition) is 0. The molecule has 0 aliphatic carbocycles. The van der Waals surface area contributed by atoms with Gasteiger partial charge in [0.05, 0.1) is 12.3 Å². The molecular formula is C17H12BrF5N2OS. The van der Waals surface area contributed by atoms with Crippen LogP contribution in [0.15, 0.2) is 47.2 Å². The average Bonchev–Trinajstić information content (AvgIpc) is 2.95. The number of thioether (sulfide) groups is 1. The van der Waals surface area contributed by atoms with Crippen molar-refractivity contribution in [2.45, 2.75) is 17.5 Å². The Labute approximate surface area is 164 Å². The number of rotatable bonds is 4. The average molecular weight is 467 g/mol. The fourth-order valence-corrected chi connectivity index (χ4v) is 4.15. The number of amides is 1. The van der Waals surface area contributed by atoms with Gasteiger partial charge in [0.15, 0.2) is 0 Å². The second-order valence-electron chi connectivity index (χ2n) is 5.86. The Morgan fingerprint density at radius 3 is 2.44 bits per heavy atom. The number of benzene rings is 1. The lowest BCUT2D eigenvalue weighted by Crippen LogP contribution is -2.48. The number of carbonyl (C=O) groups excluding carboxylic acids is 1. The minimum atomic E-state index is -5.73. The van der Waals surface area contributed by atoms with Crippen LogP contribution in [0.2, 0.25) is 0 Å². The van der Waals surface area contributed by atoms with E-state index in [9.17, 15) is 26.7 Å². The summed E-state index contributed by atoms with van der Waals surface area (Å²) in [7, 11) is 0. The van der Waals surface area contributed by atoms with E-state index in [1.165, 1.54) is 12.4 Å². The predicted molar refractivity (Wildman–Crippen MR) is 95.3 cm³/mol. The molecule has 1 aliphatic heterocycles. The van der Waals surface area contributed by atoms with Crippen molar-refractivity contribution in [1.29, 1.82) is 0 Å². The lowest BCUT2D eigenvalue weighted by molar-refractivity contribution is -0.285. The molecule has 1 aliphatic rings. The van der Waals surface area contributed by atoms with Crippen molar-refractivity contribution < 1.29 is 26.7 Å². The number of pyridine rings is 1. The van der Waals surface area contributed by atoms with Crippen LogP contribution in [0, 0.1) is 0 Å². The van der Waals surface area contributed by atoms with E-state index >= 15 is 0 Å². The van der Waals surface area contributed by atoms with E-state index in [0.29, 0.717) is 16.0 Å². The summed E-state index contributed by atoms with van der Waals surface area (Å²) in [6, 6.07) is 8.75. The van der Waals surface area contributed by atoms with Gasteiger partial charge < -0.3 is 4.90 Å². The van der Waals surface area contributed by atoms with Crippen molar-refractivity contribution >= 4 is 33.6 Å². The molecule has 3 nitrogen and oxygen atoms in total. The van der Waals surface area contributed by atoms with Gasteiger partial charge >= 0.3 is 12.1 Å². The highest BCUT2D eigenvalue weighted by Crippen LogP contribution is 2.45. The van der Waals surface area contributed by atoms with Crippen molar-refractivity contribution in [2.75, 3.05) is 12.3 Å². The van der Waals surface area contributed by atoms with E-state index in [1.54, 1.807) is 30.3 Å². The zero-order chi connectivity index (χ0) is 19.8. The lowest BCUT2D eigenvalue weighted by Gasteiger charge is -2.30. The number of carbonyl (C=O) groups is 1. The molecule has 1 fully saturated rings. The zero-order valence-corrected chi connectivity index (χ0v) is 15.9. The summed E-state index contributed by atoms with van der Waals surface area (Å²) >= 11 is 4.31. The van der Waals surface area contributed by atoms with E-state index in [-0.39, 0.29) is 5.75 Å². The third kappa shape index (κ3) is 4.11. The quantitative estimate of drug-likeness (QED) is 0.574. The molecule has 0 radical (unpaired) electrons. The van der Waals surface area contributed by atoms with Crippen molar-refractivity contribution in [2.24, 2.45) is 0 Å². The molecular weight excluding hydrogens is 455 g/mol. The normalized spacial score (nSPS) is 18.2. The standard InChI is InChI=1S/C17H12BrF5N2OS/c18-11-3-1-10(2-4-11)12-5-6-24-7-13(12)15-25(14(26)8-27-15)9-16(19,20)17(21,22)23/h1-7,15H,8-9H2. The number of aromatic nitrogens is 1. The summed E-state index contributed by atoms with van der Waals surface area (Å²) in [4.78, 5) is 16.6. The predicted octanol–water partition coefficient (Wildman–Crippen LogP) is 5.28. The Morgan fingerprint density at radius 1 is 1.15 bits per heavy atom. The first kappa shape index (κ1) is 20.1. The van der Waals surface area contributed by atoms with E-state index < -0.39 is 29.9 Å². The Kier molecular flexibility index (Phi) is 5.49. The van der Waals surface area contributed by atoms with Crippen LogP contribution >= 0.6 is 27.7 Å². The van der Waals surface area contributed by atoms with Gasteiger partial charge in [0.1, 0.15) is 5.37 Å². The second-order valence-corrected chi connectivity index (χ2v) is 7.84. The fourth-order valence-electron chi connectivity index (χ4n) is 2.68. The van der Waals surface area contributed by atoms with Crippen LogP contribution < -0.4 is 0 Å². The second kappa shape index (κ2) is 7.38. The Hall–Kier alpha value is -1.68. The highest BCUT2D eigenvalue weighted by molar-refractivity contribution is 9.10.